The monoisotopic (exact) mass is 506 g/mol. The van der Waals surface area contributed by atoms with E-state index < -0.39 is 10.0 Å². The van der Waals surface area contributed by atoms with Crippen molar-refractivity contribution in [3.05, 3.63) is 83.9 Å². The number of aromatic nitrogens is 2. The molecule has 0 radical (unpaired) electrons. The zero-order valence-electron chi connectivity index (χ0n) is 20.7. The number of rotatable bonds is 7. The smallest absolute Gasteiger partial charge is 0.214 e. The van der Waals surface area contributed by atoms with Crippen LogP contribution < -0.4 is 0 Å². The van der Waals surface area contributed by atoms with Crippen LogP contribution in [0.1, 0.15) is 24.6 Å². The van der Waals surface area contributed by atoms with Gasteiger partial charge in [-0.1, -0.05) is 36.8 Å². The van der Waals surface area contributed by atoms with Crippen LogP contribution in [-0.2, 0) is 16.6 Å². The van der Waals surface area contributed by atoms with Gasteiger partial charge in [0.05, 0.1) is 17.1 Å². The zero-order valence-corrected chi connectivity index (χ0v) is 21.5. The van der Waals surface area contributed by atoms with E-state index in [1.165, 1.54) is 17.7 Å². The predicted octanol–water partition coefficient (Wildman–Crippen LogP) is 4.97. The predicted molar refractivity (Wildman–Crippen MR) is 142 cm³/mol. The van der Waals surface area contributed by atoms with Crippen LogP contribution in [0, 0.1) is 12.7 Å². The van der Waals surface area contributed by atoms with Crippen LogP contribution in [0.3, 0.4) is 0 Å². The topological polar surface area (TPSA) is 57.9 Å². The van der Waals surface area contributed by atoms with Crippen molar-refractivity contribution in [2.45, 2.75) is 26.8 Å². The molecule has 188 valence electrons. The van der Waals surface area contributed by atoms with Gasteiger partial charge in [-0.15, -0.1) is 0 Å². The Morgan fingerprint density at radius 2 is 1.64 bits per heavy atom. The molecule has 0 N–H and O–H groups in total. The number of benzene rings is 2. The molecule has 36 heavy (non-hydrogen) atoms. The molecular weight excluding hydrogens is 475 g/mol. The fourth-order valence-corrected chi connectivity index (χ4v) is 6.34. The summed E-state index contributed by atoms with van der Waals surface area (Å²) in [4.78, 5) is 7.19. The molecule has 8 heteroatoms. The Labute approximate surface area is 212 Å². The summed E-state index contributed by atoms with van der Waals surface area (Å²) < 4.78 is 42.4. The third-order valence-corrected chi connectivity index (χ3v) is 8.82. The molecule has 0 atom stereocenters. The van der Waals surface area contributed by atoms with E-state index in [0.29, 0.717) is 39.1 Å². The summed E-state index contributed by atoms with van der Waals surface area (Å²) in [5.41, 5.74) is 6.93. The highest BCUT2D eigenvalue weighted by Crippen LogP contribution is 2.29. The molecule has 3 heterocycles. The van der Waals surface area contributed by atoms with Crippen LogP contribution in [-0.4, -0.2) is 58.9 Å². The zero-order chi connectivity index (χ0) is 25.3. The van der Waals surface area contributed by atoms with Crippen LogP contribution in [0.15, 0.2) is 66.9 Å². The molecule has 4 aromatic rings. The maximum absolute atomic E-state index is 13.7. The summed E-state index contributed by atoms with van der Waals surface area (Å²) in [7, 11) is -3.19. The molecule has 1 aliphatic heterocycles. The molecule has 0 amide bonds. The number of fused-ring (bicyclic) bond motifs is 1. The standard InChI is InChI=1S/C28H31FN4O2S/c1-3-17-36(34,35)32-15-13-31(14-16-32)20-26-28(22-7-10-25(29)11-8-22)30-27-12-9-24(19-33(26)27)23-6-4-5-21(2)18-23/h4-12,18-19H,3,13-17,20H2,1-2H3. The Balaban J connectivity index is 1.50. The normalized spacial score (nSPS) is 15.5. The van der Waals surface area contributed by atoms with Gasteiger partial charge < -0.3 is 4.40 Å². The number of imidazole rings is 1. The molecular formula is C28H31FN4O2S. The van der Waals surface area contributed by atoms with E-state index >= 15 is 0 Å². The van der Waals surface area contributed by atoms with Crippen LogP contribution in [0.5, 0.6) is 0 Å². The average molecular weight is 507 g/mol. The Morgan fingerprint density at radius 1 is 0.917 bits per heavy atom. The number of aryl methyl sites for hydroxylation is 1. The van der Waals surface area contributed by atoms with E-state index in [-0.39, 0.29) is 11.6 Å². The van der Waals surface area contributed by atoms with E-state index in [2.05, 4.69) is 52.8 Å². The molecule has 1 aliphatic rings. The first kappa shape index (κ1) is 24.6. The number of nitrogens with zero attached hydrogens (tertiary/aromatic N) is 4. The van der Waals surface area contributed by atoms with Crippen LogP contribution in [0.2, 0.25) is 0 Å². The lowest BCUT2D eigenvalue weighted by Crippen LogP contribution is -2.48. The number of hydrogen-bond donors (Lipinski definition) is 0. The summed E-state index contributed by atoms with van der Waals surface area (Å²) >= 11 is 0. The minimum atomic E-state index is -3.19. The fourth-order valence-electron chi connectivity index (χ4n) is 4.84. The van der Waals surface area contributed by atoms with Crippen LogP contribution in [0.25, 0.3) is 28.0 Å². The van der Waals surface area contributed by atoms with Crippen molar-refractivity contribution in [2.75, 3.05) is 31.9 Å². The van der Waals surface area contributed by atoms with Crippen molar-refractivity contribution < 1.29 is 12.8 Å². The van der Waals surface area contributed by atoms with Crippen molar-refractivity contribution in [1.29, 1.82) is 0 Å². The highest BCUT2D eigenvalue weighted by atomic mass is 32.2. The van der Waals surface area contributed by atoms with Crippen LogP contribution in [0.4, 0.5) is 4.39 Å². The lowest BCUT2D eigenvalue weighted by atomic mass is 10.1. The first-order valence-corrected chi connectivity index (χ1v) is 14.0. The minimum Gasteiger partial charge on any atom is -0.301 e. The highest BCUT2D eigenvalue weighted by molar-refractivity contribution is 7.89. The second kappa shape index (κ2) is 10.1. The van der Waals surface area contributed by atoms with Gasteiger partial charge in [-0.05, 0) is 60.9 Å². The molecule has 6 nitrogen and oxygen atoms in total. The van der Waals surface area contributed by atoms with Crippen molar-refractivity contribution in [3.63, 3.8) is 0 Å². The number of sulfonamides is 1. The van der Waals surface area contributed by atoms with Gasteiger partial charge in [0.2, 0.25) is 10.0 Å². The van der Waals surface area contributed by atoms with E-state index in [1.54, 1.807) is 16.4 Å². The van der Waals surface area contributed by atoms with E-state index in [4.69, 9.17) is 4.98 Å². The summed E-state index contributed by atoms with van der Waals surface area (Å²) in [5, 5.41) is 0. The first-order valence-electron chi connectivity index (χ1n) is 12.4. The van der Waals surface area contributed by atoms with Crippen molar-refractivity contribution in [3.8, 4) is 22.4 Å². The molecule has 0 spiro atoms. The molecule has 1 fully saturated rings. The summed E-state index contributed by atoms with van der Waals surface area (Å²) in [6, 6.07) is 18.9. The largest absolute Gasteiger partial charge is 0.301 e. The third-order valence-electron chi connectivity index (χ3n) is 6.75. The van der Waals surface area contributed by atoms with E-state index in [9.17, 15) is 12.8 Å². The van der Waals surface area contributed by atoms with Crippen molar-refractivity contribution >= 4 is 15.7 Å². The number of halogens is 1. The maximum Gasteiger partial charge on any atom is 0.214 e. The fraction of sp³-hybridized carbons (Fsp3) is 0.321. The minimum absolute atomic E-state index is 0.191. The number of piperazine rings is 1. The molecule has 0 aliphatic carbocycles. The van der Waals surface area contributed by atoms with Gasteiger partial charge in [0.1, 0.15) is 11.5 Å². The maximum atomic E-state index is 13.7. The lowest BCUT2D eigenvalue weighted by Gasteiger charge is -2.34. The summed E-state index contributed by atoms with van der Waals surface area (Å²) in [5.74, 6) is -0.0910. The molecule has 0 unspecified atom stereocenters. The molecule has 5 rings (SSSR count). The molecule has 0 saturated carbocycles. The third kappa shape index (κ3) is 5.07. The number of pyridine rings is 1. The van der Waals surface area contributed by atoms with E-state index in [0.717, 1.165) is 33.7 Å². The molecule has 0 bridgehead atoms. The Kier molecular flexibility index (Phi) is 6.92. The van der Waals surface area contributed by atoms with Crippen LogP contribution >= 0.6 is 0 Å². The van der Waals surface area contributed by atoms with Gasteiger partial charge in [-0.25, -0.2) is 17.8 Å². The van der Waals surface area contributed by atoms with Gasteiger partial charge in [0.25, 0.3) is 0 Å². The second-order valence-corrected chi connectivity index (χ2v) is 11.5. The summed E-state index contributed by atoms with van der Waals surface area (Å²) in [6.45, 7) is 6.86. The first-order chi connectivity index (χ1) is 17.3. The van der Waals surface area contributed by atoms with Crippen molar-refractivity contribution in [2.24, 2.45) is 0 Å². The Morgan fingerprint density at radius 3 is 2.33 bits per heavy atom. The highest BCUT2D eigenvalue weighted by Gasteiger charge is 2.27. The van der Waals surface area contributed by atoms with Crippen molar-refractivity contribution in [1.82, 2.24) is 18.6 Å². The lowest BCUT2D eigenvalue weighted by molar-refractivity contribution is 0.180. The molecule has 2 aromatic heterocycles. The van der Waals surface area contributed by atoms with E-state index in [1.807, 2.05) is 13.0 Å². The summed E-state index contributed by atoms with van der Waals surface area (Å²) in [6.07, 6.45) is 2.73. The Hall–Kier alpha value is -3.07. The van der Waals surface area contributed by atoms with Gasteiger partial charge in [-0.3, -0.25) is 4.90 Å². The van der Waals surface area contributed by atoms with Gasteiger partial charge in [0.15, 0.2) is 0 Å². The van der Waals surface area contributed by atoms with Gasteiger partial charge >= 0.3 is 0 Å². The second-order valence-electron chi connectivity index (χ2n) is 9.42. The van der Waals surface area contributed by atoms with Gasteiger partial charge in [-0.2, -0.15) is 4.31 Å². The quantitative estimate of drug-likeness (QED) is 0.355. The molecule has 2 aromatic carbocycles. The number of hydrogen-bond acceptors (Lipinski definition) is 4. The Bertz CT molecular complexity index is 1470. The van der Waals surface area contributed by atoms with Gasteiger partial charge in [0, 0.05) is 44.5 Å². The average Bonchev–Trinajstić information content (AvgIpc) is 3.22. The molecule has 1 saturated heterocycles. The SMILES string of the molecule is CCCS(=O)(=O)N1CCN(Cc2c(-c3ccc(F)cc3)nc3ccc(-c4cccc(C)c4)cn23)CC1.